The molecule has 0 aromatic carbocycles. The molecular weight excluding hydrogens is 253 g/mol. The number of nitrogens with two attached hydrogens (primary N) is 1. The maximum absolute atomic E-state index is 12.7. The Kier molecular flexibility index (Phi) is 5.68. The quantitative estimate of drug-likeness (QED) is 0.859. The molecule has 1 saturated heterocycles. The lowest BCUT2D eigenvalue weighted by atomic mass is 9.77. The van der Waals surface area contributed by atoms with Crippen LogP contribution in [0.2, 0.25) is 0 Å². The van der Waals surface area contributed by atoms with Gasteiger partial charge in [-0.05, 0) is 43.7 Å². The van der Waals surface area contributed by atoms with E-state index in [1.54, 1.807) is 0 Å². The molecule has 1 fully saturated rings. The Morgan fingerprint density at radius 2 is 1.79 bits per heavy atom. The standard InChI is InChI=1S/C14H27F3N2/c1-13(2,3)11-5-4-7-19(8-6-11)10-12(9-18)14(15,16)17/h11-12H,4-10,18H2,1-3H3. The SMILES string of the molecule is CC(C)(C)C1CCCN(CC(CN)C(F)(F)F)CC1. The summed E-state index contributed by atoms with van der Waals surface area (Å²) >= 11 is 0. The van der Waals surface area contributed by atoms with Gasteiger partial charge in [-0.1, -0.05) is 20.8 Å². The molecule has 2 N–H and O–H groups in total. The van der Waals surface area contributed by atoms with Crippen LogP contribution in [0, 0.1) is 17.3 Å². The molecule has 2 atom stereocenters. The van der Waals surface area contributed by atoms with E-state index in [1.165, 1.54) is 0 Å². The number of rotatable bonds is 3. The lowest BCUT2D eigenvalue weighted by molar-refractivity contribution is -0.176. The molecule has 0 aromatic rings. The third-order valence-corrected chi connectivity index (χ3v) is 4.27. The van der Waals surface area contributed by atoms with Gasteiger partial charge in [0, 0.05) is 13.1 Å². The molecule has 0 amide bonds. The highest BCUT2D eigenvalue weighted by Gasteiger charge is 2.39. The molecule has 1 aliphatic rings. The molecule has 19 heavy (non-hydrogen) atoms. The van der Waals surface area contributed by atoms with Gasteiger partial charge in [0.15, 0.2) is 0 Å². The van der Waals surface area contributed by atoms with Crippen molar-refractivity contribution in [3.05, 3.63) is 0 Å². The fourth-order valence-corrected chi connectivity index (χ4v) is 2.83. The molecule has 1 heterocycles. The first-order valence-corrected chi connectivity index (χ1v) is 7.13. The molecule has 1 aliphatic heterocycles. The summed E-state index contributed by atoms with van der Waals surface area (Å²) in [7, 11) is 0. The van der Waals surface area contributed by atoms with Gasteiger partial charge in [-0.3, -0.25) is 0 Å². The number of halogens is 3. The van der Waals surface area contributed by atoms with Crippen LogP contribution in [0.5, 0.6) is 0 Å². The highest BCUT2D eigenvalue weighted by Crippen LogP contribution is 2.35. The van der Waals surface area contributed by atoms with Crippen LogP contribution in [-0.4, -0.2) is 37.3 Å². The predicted octanol–water partition coefficient (Wildman–Crippen LogP) is 3.27. The summed E-state index contributed by atoms with van der Waals surface area (Å²) in [5, 5.41) is 0. The van der Waals surface area contributed by atoms with Gasteiger partial charge < -0.3 is 10.6 Å². The average molecular weight is 280 g/mol. The Morgan fingerprint density at radius 1 is 1.16 bits per heavy atom. The first kappa shape index (κ1) is 16.8. The van der Waals surface area contributed by atoms with E-state index in [2.05, 4.69) is 20.8 Å². The Bertz CT molecular complexity index is 271. The summed E-state index contributed by atoms with van der Waals surface area (Å²) in [5.74, 6) is -0.793. The van der Waals surface area contributed by atoms with E-state index in [0.29, 0.717) is 5.92 Å². The van der Waals surface area contributed by atoms with Crippen LogP contribution >= 0.6 is 0 Å². The molecule has 2 nitrogen and oxygen atoms in total. The monoisotopic (exact) mass is 280 g/mol. The molecule has 0 saturated carbocycles. The second-order valence-electron chi connectivity index (χ2n) is 6.77. The van der Waals surface area contributed by atoms with Gasteiger partial charge >= 0.3 is 6.18 Å². The number of hydrogen-bond donors (Lipinski definition) is 1. The minimum atomic E-state index is -4.18. The van der Waals surface area contributed by atoms with Crippen LogP contribution in [0.4, 0.5) is 13.2 Å². The molecule has 114 valence electrons. The smallest absolute Gasteiger partial charge is 0.330 e. The fourth-order valence-electron chi connectivity index (χ4n) is 2.83. The third kappa shape index (κ3) is 5.30. The average Bonchev–Trinajstić information content (AvgIpc) is 2.48. The van der Waals surface area contributed by atoms with Crippen molar-refractivity contribution in [1.82, 2.24) is 4.90 Å². The van der Waals surface area contributed by atoms with E-state index in [-0.39, 0.29) is 18.5 Å². The molecule has 1 rings (SSSR count). The van der Waals surface area contributed by atoms with Crippen molar-refractivity contribution in [2.24, 2.45) is 23.0 Å². The minimum absolute atomic E-state index is 0.0524. The number of likely N-dealkylation sites (tertiary alicyclic amines) is 1. The zero-order chi connectivity index (χ0) is 14.7. The van der Waals surface area contributed by atoms with Gasteiger partial charge in [0.1, 0.15) is 0 Å². The Morgan fingerprint density at radius 3 is 2.26 bits per heavy atom. The molecule has 0 radical (unpaired) electrons. The zero-order valence-corrected chi connectivity index (χ0v) is 12.3. The van der Waals surface area contributed by atoms with E-state index in [1.807, 2.05) is 4.90 Å². The Hall–Kier alpha value is -0.290. The largest absolute Gasteiger partial charge is 0.394 e. The summed E-state index contributed by atoms with van der Waals surface area (Å²) in [6.07, 6.45) is -1.10. The fraction of sp³-hybridized carbons (Fsp3) is 1.00. The summed E-state index contributed by atoms with van der Waals surface area (Å²) in [6.45, 7) is 7.90. The van der Waals surface area contributed by atoms with Crippen molar-refractivity contribution in [2.45, 2.75) is 46.2 Å². The van der Waals surface area contributed by atoms with Crippen LogP contribution in [0.3, 0.4) is 0 Å². The Labute approximate surface area is 114 Å². The zero-order valence-electron chi connectivity index (χ0n) is 12.3. The topological polar surface area (TPSA) is 29.3 Å². The molecule has 0 bridgehead atoms. The summed E-state index contributed by atoms with van der Waals surface area (Å²) in [6, 6.07) is 0. The first-order valence-electron chi connectivity index (χ1n) is 7.13. The van der Waals surface area contributed by atoms with Gasteiger partial charge in [-0.2, -0.15) is 13.2 Å². The second-order valence-corrected chi connectivity index (χ2v) is 6.77. The van der Waals surface area contributed by atoms with Crippen molar-refractivity contribution in [2.75, 3.05) is 26.2 Å². The van der Waals surface area contributed by atoms with Crippen LogP contribution < -0.4 is 5.73 Å². The van der Waals surface area contributed by atoms with E-state index in [0.717, 1.165) is 32.4 Å². The molecule has 0 aromatic heterocycles. The van der Waals surface area contributed by atoms with Crippen LogP contribution in [0.25, 0.3) is 0 Å². The van der Waals surface area contributed by atoms with Gasteiger partial charge in [-0.25, -0.2) is 0 Å². The number of nitrogens with zero attached hydrogens (tertiary/aromatic N) is 1. The van der Waals surface area contributed by atoms with Crippen molar-refractivity contribution >= 4 is 0 Å². The van der Waals surface area contributed by atoms with Gasteiger partial charge in [0.25, 0.3) is 0 Å². The number of hydrogen-bond acceptors (Lipinski definition) is 2. The molecule has 5 heteroatoms. The molecular formula is C14H27F3N2. The van der Waals surface area contributed by atoms with Crippen LogP contribution in [0.15, 0.2) is 0 Å². The summed E-state index contributed by atoms with van der Waals surface area (Å²) < 4.78 is 38.2. The van der Waals surface area contributed by atoms with Gasteiger partial charge in [-0.15, -0.1) is 0 Å². The van der Waals surface area contributed by atoms with Crippen LogP contribution in [-0.2, 0) is 0 Å². The van der Waals surface area contributed by atoms with Crippen molar-refractivity contribution in [1.29, 1.82) is 0 Å². The van der Waals surface area contributed by atoms with Gasteiger partial charge in [0.05, 0.1) is 5.92 Å². The summed E-state index contributed by atoms with van der Waals surface area (Å²) in [4.78, 5) is 1.94. The van der Waals surface area contributed by atoms with E-state index in [4.69, 9.17) is 5.73 Å². The first-order chi connectivity index (χ1) is 8.64. The molecule has 0 spiro atoms. The van der Waals surface area contributed by atoms with E-state index < -0.39 is 12.1 Å². The van der Waals surface area contributed by atoms with Crippen molar-refractivity contribution < 1.29 is 13.2 Å². The lowest BCUT2D eigenvalue weighted by Crippen LogP contribution is -2.41. The second kappa shape index (κ2) is 6.44. The highest BCUT2D eigenvalue weighted by molar-refractivity contribution is 4.81. The minimum Gasteiger partial charge on any atom is -0.330 e. The normalized spacial score (nSPS) is 25.1. The van der Waals surface area contributed by atoms with E-state index >= 15 is 0 Å². The molecule has 0 aliphatic carbocycles. The number of alkyl halides is 3. The third-order valence-electron chi connectivity index (χ3n) is 4.27. The Balaban J connectivity index is 2.54. The highest BCUT2D eigenvalue weighted by atomic mass is 19.4. The lowest BCUT2D eigenvalue weighted by Gasteiger charge is -2.30. The van der Waals surface area contributed by atoms with Crippen molar-refractivity contribution in [3.8, 4) is 0 Å². The maximum atomic E-state index is 12.7. The predicted molar refractivity (Wildman–Crippen MR) is 71.8 cm³/mol. The van der Waals surface area contributed by atoms with Gasteiger partial charge in [0.2, 0.25) is 0 Å². The van der Waals surface area contributed by atoms with Crippen molar-refractivity contribution in [3.63, 3.8) is 0 Å². The molecule has 2 unspecified atom stereocenters. The van der Waals surface area contributed by atoms with E-state index in [9.17, 15) is 13.2 Å². The van der Waals surface area contributed by atoms with Crippen LogP contribution in [0.1, 0.15) is 40.0 Å². The summed E-state index contributed by atoms with van der Waals surface area (Å²) in [5.41, 5.74) is 5.51. The maximum Gasteiger partial charge on any atom is 0.394 e.